The summed E-state index contributed by atoms with van der Waals surface area (Å²) in [4.78, 5) is 14.2. The van der Waals surface area contributed by atoms with E-state index in [1.54, 1.807) is 17.6 Å². The third-order valence-corrected chi connectivity index (χ3v) is 9.30. The number of aromatic nitrogens is 1. The zero-order chi connectivity index (χ0) is 31.5. The molecule has 2 heterocycles. The summed E-state index contributed by atoms with van der Waals surface area (Å²) in [6, 6.07) is 25.5. The predicted octanol–water partition coefficient (Wildman–Crippen LogP) is 8.18. The number of ether oxygens (including phenoxy) is 2. The topological polar surface area (TPSA) is 52.5 Å². The van der Waals surface area contributed by atoms with Crippen molar-refractivity contribution >= 4 is 17.4 Å². The zero-order valence-corrected chi connectivity index (χ0v) is 25.6. The molecule has 1 aliphatic heterocycles. The van der Waals surface area contributed by atoms with Gasteiger partial charge in [0.25, 0.3) is 5.56 Å². The molecule has 230 valence electrons. The minimum absolute atomic E-state index is 0.00211. The number of hydrogen-bond acceptors (Lipinski definition) is 5. The van der Waals surface area contributed by atoms with Crippen LogP contribution in [0.3, 0.4) is 0 Å². The maximum absolute atomic E-state index is 15.6. The number of methoxy groups -OCH3 is 1. The Balaban J connectivity index is 1.32. The second-order valence-electron chi connectivity index (χ2n) is 10.8. The van der Waals surface area contributed by atoms with Crippen molar-refractivity contribution in [2.24, 2.45) is 0 Å². The standard InChI is InChI=1S/C36H31F3N2O3S/c1-22-28(18-29-30(37)11-7-12-31(29)38)36-41(35(42)33(22)27-10-6-13-32(43-2)34(27)39)25(21-45-36)19-40-24-14-16-26(17-15-24)44-20-23-8-4-3-5-9-23/h3-17,25,40H,18-21H2,1-2H3. The van der Waals surface area contributed by atoms with Crippen LogP contribution in [0.25, 0.3) is 11.1 Å². The molecule has 1 aliphatic rings. The quantitative estimate of drug-likeness (QED) is 0.169. The SMILES string of the molecule is COc1cccc(-c2c(C)c(Cc3c(F)cccc3F)c3n(c2=O)C(CNc2ccc(OCc4ccccc4)cc2)CS3)c1F. The molecule has 1 aromatic heterocycles. The first-order chi connectivity index (χ1) is 21.9. The average molecular weight is 629 g/mol. The van der Waals surface area contributed by atoms with E-state index in [-0.39, 0.29) is 40.5 Å². The van der Waals surface area contributed by atoms with E-state index < -0.39 is 17.5 Å². The number of thioether (sulfide) groups is 1. The first kappa shape index (κ1) is 30.4. The summed E-state index contributed by atoms with van der Waals surface area (Å²) in [7, 11) is 1.36. The fraction of sp³-hybridized carbons (Fsp3) is 0.194. The number of fused-ring (bicyclic) bond motifs is 1. The van der Waals surface area contributed by atoms with Crippen molar-refractivity contribution in [3.8, 4) is 22.6 Å². The largest absolute Gasteiger partial charge is 0.494 e. The molecule has 0 fully saturated rings. The number of anilines is 1. The van der Waals surface area contributed by atoms with Crippen LogP contribution >= 0.6 is 11.8 Å². The highest BCUT2D eigenvalue weighted by molar-refractivity contribution is 7.99. The lowest BCUT2D eigenvalue weighted by Gasteiger charge is -2.21. The number of benzene rings is 4. The zero-order valence-electron chi connectivity index (χ0n) is 24.8. The summed E-state index contributed by atoms with van der Waals surface area (Å²) in [6.45, 7) is 2.57. The summed E-state index contributed by atoms with van der Waals surface area (Å²) in [5.41, 5.74) is 2.74. The van der Waals surface area contributed by atoms with Gasteiger partial charge in [0, 0.05) is 35.5 Å². The molecule has 1 atom stereocenters. The highest BCUT2D eigenvalue weighted by atomic mass is 32.2. The number of hydrogen-bond donors (Lipinski definition) is 1. The first-order valence-corrected chi connectivity index (χ1v) is 15.5. The summed E-state index contributed by atoms with van der Waals surface area (Å²) in [6.07, 6.45) is -0.0872. The molecule has 0 amide bonds. The van der Waals surface area contributed by atoms with E-state index >= 15 is 4.39 Å². The van der Waals surface area contributed by atoms with E-state index in [1.807, 2.05) is 54.6 Å². The molecule has 6 rings (SSSR count). The van der Waals surface area contributed by atoms with Gasteiger partial charge in [-0.05, 0) is 66.1 Å². The van der Waals surface area contributed by atoms with Gasteiger partial charge in [-0.1, -0.05) is 48.5 Å². The molecule has 0 aliphatic carbocycles. The Bertz CT molecular complexity index is 1880. The molecule has 45 heavy (non-hydrogen) atoms. The third-order valence-electron chi connectivity index (χ3n) is 8.03. The van der Waals surface area contributed by atoms with Gasteiger partial charge in [-0.3, -0.25) is 9.36 Å². The van der Waals surface area contributed by atoms with Gasteiger partial charge in [-0.25, -0.2) is 13.2 Å². The monoisotopic (exact) mass is 628 g/mol. The van der Waals surface area contributed by atoms with E-state index in [4.69, 9.17) is 9.47 Å². The lowest BCUT2D eigenvalue weighted by Crippen LogP contribution is -2.31. The Labute approximate surface area is 263 Å². The first-order valence-electron chi connectivity index (χ1n) is 14.5. The number of nitrogens with one attached hydrogen (secondary N) is 1. The average Bonchev–Trinajstić information content (AvgIpc) is 3.48. The van der Waals surface area contributed by atoms with E-state index in [9.17, 15) is 13.6 Å². The molecular formula is C36H31F3N2O3S. The minimum Gasteiger partial charge on any atom is -0.494 e. The van der Waals surface area contributed by atoms with Crippen LogP contribution in [0.2, 0.25) is 0 Å². The lowest BCUT2D eigenvalue weighted by atomic mass is 9.94. The Kier molecular flexibility index (Phi) is 8.89. The van der Waals surface area contributed by atoms with Crippen LogP contribution in [0.5, 0.6) is 11.5 Å². The molecule has 1 unspecified atom stereocenters. The Hall–Kier alpha value is -4.63. The van der Waals surface area contributed by atoms with Crippen LogP contribution < -0.4 is 20.3 Å². The number of pyridine rings is 1. The molecule has 9 heteroatoms. The maximum Gasteiger partial charge on any atom is 0.260 e. The number of halogens is 3. The van der Waals surface area contributed by atoms with Gasteiger partial charge in [0.2, 0.25) is 0 Å². The van der Waals surface area contributed by atoms with Gasteiger partial charge in [0.15, 0.2) is 11.6 Å². The predicted molar refractivity (Wildman–Crippen MR) is 172 cm³/mol. The molecule has 0 saturated heterocycles. The second kappa shape index (κ2) is 13.2. The molecule has 5 aromatic rings. The summed E-state index contributed by atoms with van der Waals surface area (Å²) in [5, 5.41) is 4.03. The van der Waals surface area contributed by atoms with Gasteiger partial charge in [0.05, 0.1) is 23.7 Å². The van der Waals surface area contributed by atoms with Crippen LogP contribution in [0.1, 0.15) is 28.3 Å². The molecule has 0 saturated carbocycles. The third kappa shape index (κ3) is 6.17. The summed E-state index contributed by atoms with van der Waals surface area (Å²) >= 11 is 1.46. The van der Waals surface area contributed by atoms with Crippen LogP contribution in [-0.4, -0.2) is 24.0 Å². The van der Waals surface area contributed by atoms with Gasteiger partial charge >= 0.3 is 0 Å². The van der Waals surface area contributed by atoms with E-state index in [0.29, 0.717) is 35.1 Å². The summed E-state index contributed by atoms with van der Waals surface area (Å²) < 4.78 is 58.0. The highest BCUT2D eigenvalue weighted by Gasteiger charge is 2.32. The van der Waals surface area contributed by atoms with Crippen molar-refractivity contribution < 1.29 is 22.6 Å². The Morgan fingerprint density at radius 3 is 2.31 bits per heavy atom. The van der Waals surface area contributed by atoms with Crippen molar-refractivity contribution in [3.05, 3.63) is 141 Å². The maximum atomic E-state index is 15.6. The Morgan fingerprint density at radius 2 is 1.60 bits per heavy atom. The van der Waals surface area contributed by atoms with Crippen molar-refractivity contribution in [2.45, 2.75) is 31.0 Å². The van der Waals surface area contributed by atoms with Gasteiger partial charge < -0.3 is 14.8 Å². The van der Waals surface area contributed by atoms with E-state index in [0.717, 1.165) is 17.0 Å². The second-order valence-corrected chi connectivity index (χ2v) is 11.8. The van der Waals surface area contributed by atoms with Crippen molar-refractivity contribution in [1.29, 1.82) is 0 Å². The molecule has 4 aromatic carbocycles. The fourth-order valence-electron chi connectivity index (χ4n) is 5.63. The highest BCUT2D eigenvalue weighted by Crippen LogP contribution is 2.41. The van der Waals surface area contributed by atoms with Gasteiger partial charge in [-0.2, -0.15) is 0 Å². The Morgan fingerprint density at radius 1 is 0.889 bits per heavy atom. The smallest absolute Gasteiger partial charge is 0.260 e. The van der Waals surface area contributed by atoms with E-state index in [1.165, 1.54) is 49.2 Å². The normalized spacial score (nSPS) is 13.8. The van der Waals surface area contributed by atoms with Crippen LogP contribution in [-0.2, 0) is 13.0 Å². The van der Waals surface area contributed by atoms with Crippen molar-refractivity contribution in [1.82, 2.24) is 4.57 Å². The molecule has 0 bridgehead atoms. The van der Waals surface area contributed by atoms with Crippen LogP contribution in [0.4, 0.5) is 18.9 Å². The summed E-state index contributed by atoms with van der Waals surface area (Å²) in [5.74, 6) is -0.734. The van der Waals surface area contributed by atoms with Gasteiger partial charge in [0.1, 0.15) is 24.0 Å². The molecule has 0 radical (unpaired) electrons. The number of rotatable bonds is 10. The minimum atomic E-state index is -0.675. The van der Waals surface area contributed by atoms with Crippen LogP contribution in [0, 0.1) is 24.4 Å². The molecule has 0 spiro atoms. The van der Waals surface area contributed by atoms with E-state index in [2.05, 4.69) is 5.32 Å². The fourth-order valence-corrected chi connectivity index (χ4v) is 7.02. The van der Waals surface area contributed by atoms with Gasteiger partial charge in [-0.15, -0.1) is 11.8 Å². The number of nitrogens with zero attached hydrogens (tertiary/aromatic N) is 1. The van der Waals surface area contributed by atoms with Crippen molar-refractivity contribution in [3.63, 3.8) is 0 Å². The van der Waals surface area contributed by atoms with Crippen LogP contribution in [0.15, 0.2) is 101 Å². The lowest BCUT2D eigenvalue weighted by molar-refractivity contribution is 0.306. The molecular weight excluding hydrogens is 597 g/mol. The molecule has 1 N–H and O–H groups in total. The van der Waals surface area contributed by atoms with Crippen molar-refractivity contribution in [2.75, 3.05) is 24.7 Å². The molecule has 5 nitrogen and oxygen atoms in total.